The lowest BCUT2D eigenvalue weighted by molar-refractivity contribution is -0.119. The number of rotatable bonds is 7. The summed E-state index contributed by atoms with van der Waals surface area (Å²) in [7, 11) is 0. The molecule has 5 heteroatoms. The highest BCUT2D eigenvalue weighted by atomic mass is 32.1. The van der Waals surface area contributed by atoms with Crippen LogP contribution in [0.1, 0.15) is 43.7 Å². The largest absolute Gasteiger partial charge is 0.494 e. The van der Waals surface area contributed by atoms with Gasteiger partial charge in [-0.15, -0.1) is 0 Å². The molecule has 0 aliphatic heterocycles. The number of benzene rings is 2. The molecule has 0 unspecified atom stereocenters. The predicted octanol–water partition coefficient (Wildman–Crippen LogP) is 4.79. The fraction of sp³-hybridized carbons (Fsp3) is 0.333. The molecule has 0 radical (unpaired) electrons. The summed E-state index contributed by atoms with van der Waals surface area (Å²) < 4.78 is 5.63. The molecule has 0 aromatic heterocycles. The molecule has 2 rings (SSSR count). The number of hydrogen-bond acceptors (Lipinski definition) is 3. The molecule has 138 valence electrons. The fourth-order valence-electron chi connectivity index (χ4n) is 2.51. The summed E-state index contributed by atoms with van der Waals surface area (Å²) in [6.07, 6.45) is 0.990. The quantitative estimate of drug-likeness (QED) is 0.543. The first-order chi connectivity index (χ1) is 12.5. The second-order valence-corrected chi connectivity index (χ2v) is 6.92. The van der Waals surface area contributed by atoms with Crippen molar-refractivity contribution in [1.82, 2.24) is 5.32 Å². The highest BCUT2D eigenvalue weighted by Gasteiger charge is 2.09. The molecule has 0 heterocycles. The van der Waals surface area contributed by atoms with Crippen molar-refractivity contribution in [3.63, 3.8) is 0 Å². The summed E-state index contributed by atoms with van der Waals surface area (Å²) in [4.78, 5) is 12.0. The lowest BCUT2D eigenvalue weighted by Gasteiger charge is -2.15. The van der Waals surface area contributed by atoms with Gasteiger partial charge < -0.3 is 15.4 Å². The summed E-state index contributed by atoms with van der Waals surface area (Å²) >= 11 is 5.25. The van der Waals surface area contributed by atoms with Crippen LogP contribution in [0, 0.1) is 6.92 Å². The molecule has 0 aliphatic rings. The van der Waals surface area contributed by atoms with Crippen molar-refractivity contribution >= 4 is 28.9 Å². The third-order valence-electron chi connectivity index (χ3n) is 3.92. The number of carbonyl (C=O) groups is 1. The van der Waals surface area contributed by atoms with E-state index in [4.69, 9.17) is 17.0 Å². The van der Waals surface area contributed by atoms with E-state index in [1.165, 1.54) is 5.56 Å². The first-order valence-corrected chi connectivity index (χ1v) is 9.25. The normalized spacial score (nSPS) is 10.5. The number of nitrogens with one attached hydrogen (secondary N) is 2. The topological polar surface area (TPSA) is 50.4 Å². The van der Waals surface area contributed by atoms with E-state index in [-0.39, 0.29) is 5.91 Å². The molecule has 26 heavy (non-hydrogen) atoms. The Balaban J connectivity index is 1.72. The second kappa shape index (κ2) is 9.92. The minimum absolute atomic E-state index is 0.114. The minimum Gasteiger partial charge on any atom is -0.494 e. The smallest absolute Gasteiger partial charge is 0.226 e. The summed E-state index contributed by atoms with van der Waals surface area (Å²) in [5, 5.41) is 6.16. The number of amides is 1. The number of thiocarbonyl (C=S) groups is 1. The SMILES string of the molecule is Cc1ccc(OCCCC(=O)NC(=S)Nc2ccccc2C(C)C)cc1. The van der Waals surface area contributed by atoms with Gasteiger partial charge >= 0.3 is 0 Å². The van der Waals surface area contributed by atoms with E-state index in [1.807, 2.05) is 49.4 Å². The summed E-state index contributed by atoms with van der Waals surface area (Å²) in [5.41, 5.74) is 3.28. The van der Waals surface area contributed by atoms with E-state index < -0.39 is 0 Å². The van der Waals surface area contributed by atoms with E-state index in [0.717, 1.165) is 17.0 Å². The van der Waals surface area contributed by atoms with Crippen molar-refractivity contribution in [3.8, 4) is 5.75 Å². The Kier molecular flexibility index (Phi) is 7.60. The van der Waals surface area contributed by atoms with Gasteiger partial charge in [0, 0.05) is 12.1 Å². The van der Waals surface area contributed by atoms with Gasteiger partial charge in [0.25, 0.3) is 0 Å². The van der Waals surface area contributed by atoms with Crippen molar-refractivity contribution < 1.29 is 9.53 Å². The van der Waals surface area contributed by atoms with Gasteiger partial charge in [0.15, 0.2) is 5.11 Å². The lowest BCUT2D eigenvalue weighted by Crippen LogP contribution is -2.34. The number of aryl methyl sites for hydroxylation is 1. The Labute approximate surface area is 161 Å². The molecule has 1 amide bonds. The maximum absolute atomic E-state index is 12.0. The van der Waals surface area contributed by atoms with Gasteiger partial charge in [0.1, 0.15) is 5.75 Å². The monoisotopic (exact) mass is 370 g/mol. The zero-order chi connectivity index (χ0) is 18.9. The molecule has 0 fully saturated rings. The molecule has 0 spiro atoms. The van der Waals surface area contributed by atoms with E-state index in [1.54, 1.807) is 0 Å². The summed E-state index contributed by atoms with van der Waals surface area (Å²) in [6, 6.07) is 15.8. The Hall–Kier alpha value is -2.40. The standard InChI is InChI=1S/C21H26N2O2S/c1-15(2)18-7-4-5-8-19(18)22-21(26)23-20(24)9-6-14-25-17-12-10-16(3)11-13-17/h4-5,7-8,10-13,15H,6,9,14H2,1-3H3,(H2,22,23,24,26). The molecule has 0 atom stereocenters. The average Bonchev–Trinajstić information content (AvgIpc) is 2.60. The average molecular weight is 371 g/mol. The molecular weight excluding hydrogens is 344 g/mol. The van der Waals surface area contributed by atoms with Crippen LogP contribution in [0.15, 0.2) is 48.5 Å². The Bertz CT molecular complexity index is 742. The van der Waals surface area contributed by atoms with Crippen LogP contribution in [0.25, 0.3) is 0 Å². The third-order valence-corrected chi connectivity index (χ3v) is 4.13. The fourth-order valence-corrected chi connectivity index (χ4v) is 2.74. The number of ether oxygens (including phenoxy) is 1. The van der Waals surface area contributed by atoms with Gasteiger partial charge in [0.05, 0.1) is 6.61 Å². The van der Waals surface area contributed by atoms with Gasteiger partial charge in [0.2, 0.25) is 5.91 Å². The lowest BCUT2D eigenvalue weighted by atomic mass is 10.0. The van der Waals surface area contributed by atoms with Crippen molar-refractivity contribution in [2.24, 2.45) is 0 Å². The zero-order valence-corrected chi connectivity index (χ0v) is 16.4. The molecule has 0 saturated carbocycles. The predicted molar refractivity (Wildman–Crippen MR) is 111 cm³/mol. The summed E-state index contributed by atoms with van der Waals surface area (Å²) in [6.45, 7) is 6.77. The Morgan fingerprint density at radius 1 is 1.12 bits per heavy atom. The van der Waals surface area contributed by atoms with Crippen LogP contribution in [-0.2, 0) is 4.79 Å². The van der Waals surface area contributed by atoms with E-state index in [2.05, 4.69) is 30.5 Å². The number of hydrogen-bond donors (Lipinski definition) is 2. The Morgan fingerprint density at radius 3 is 2.50 bits per heavy atom. The minimum atomic E-state index is -0.114. The molecule has 2 aromatic rings. The van der Waals surface area contributed by atoms with Crippen LogP contribution in [0.3, 0.4) is 0 Å². The second-order valence-electron chi connectivity index (χ2n) is 6.51. The van der Waals surface area contributed by atoms with Crippen molar-refractivity contribution in [3.05, 3.63) is 59.7 Å². The molecule has 4 nitrogen and oxygen atoms in total. The van der Waals surface area contributed by atoms with Gasteiger partial charge in [-0.25, -0.2) is 0 Å². The Morgan fingerprint density at radius 2 is 1.81 bits per heavy atom. The van der Waals surface area contributed by atoms with Crippen molar-refractivity contribution in [1.29, 1.82) is 0 Å². The molecule has 2 aromatic carbocycles. The van der Waals surface area contributed by atoms with Gasteiger partial charge in [-0.2, -0.15) is 0 Å². The van der Waals surface area contributed by atoms with E-state index in [9.17, 15) is 4.79 Å². The maximum Gasteiger partial charge on any atom is 0.226 e. The molecule has 0 aliphatic carbocycles. The van der Waals surface area contributed by atoms with Gasteiger partial charge in [-0.3, -0.25) is 4.79 Å². The van der Waals surface area contributed by atoms with Crippen LogP contribution in [0.4, 0.5) is 5.69 Å². The van der Waals surface area contributed by atoms with Crippen LogP contribution >= 0.6 is 12.2 Å². The molecule has 0 saturated heterocycles. The van der Waals surface area contributed by atoms with E-state index in [0.29, 0.717) is 30.5 Å². The van der Waals surface area contributed by atoms with Crippen molar-refractivity contribution in [2.75, 3.05) is 11.9 Å². The zero-order valence-electron chi connectivity index (χ0n) is 15.5. The van der Waals surface area contributed by atoms with E-state index >= 15 is 0 Å². The number of para-hydroxylation sites is 1. The van der Waals surface area contributed by atoms with Crippen molar-refractivity contribution in [2.45, 2.75) is 39.5 Å². The molecule has 0 bridgehead atoms. The number of carbonyl (C=O) groups excluding carboxylic acids is 1. The highest BCUT2D eigenvalue weighted by Crippen LogP contribution is 2.23. The third kappa shape index (κ3) is 6.48. The van der Waals surface area contributed by atoms with Gasteiger partial charge in [-0.1, -0.05) is 49.7 Å². The summed E-state index contributed by atoms with van der Waals surface area (Å²) in [5.74, 6) is 1.08. The first kappa shape index (κ1) is 19.9. The van der Waals surface area contributed by atoms with Crippen LogP contribution in [-0.4, -0.2) is 17.6 Å². The first-order valence-electron chi connectivity index (χ1n) is 8.85. The van der Waals surface area contributed by atoms with Crippen LogP contribution < -0.4 is 15.4 Å². The van der Waals surface area contributed by atoms with Gasteiger partial charge in [-0.05, 0) is 55.2 Å². The van der Waals surface area contributed by atoms with Crippen LogP contribution in [0.5, 0.6) is 5.75 Å². The molecular formula is C21H26N2O2S. The maximum atomic E-state index is 12.0. The van der Waals surface area contributed by atoms with Crippen LogP contribution in [0.2, 0.25) is 0 Å². The number of anilines is 1. The highest BCUT2D eigenvalue weighted by molar-refractivity contribution is 7.80. The molecule has 2 N–H and O–H groups in total.